The van der Waals surface area contributed by atoms with Gasteiger partial charge in [0.1, 0.15) is 0 Å². The molecule has 3 fully saturated rings. The normalized spacial score (nSPS) is 40.8. The fraction of sp³-hybridized carbons (Fsp3) is 0.571. The Morgan fingerprint density at radius 3 is 2.53 bits per heavy atom. The summed E-state index contributed by atoms with van der Waals surface area (Å²) >= 11 is 0. The number of carbonyl (C=O) groups excluding carboxylic acids is 1. The molecule has 1 unspecified atom stereocenters. The van der Waals surface area contributed by atoms with Crippen molar-refractivity contribution in [1.29, 1.82) is 0 Å². The molecule has 32 heavy (non-hydrogen) atoms. The number of rotatable bonds is 3. The van der Waals surface area contributed by atoms with Crippen LogP contribution in [0.2, 0.25) is 0 Å². The number of amides is 1. The lowest BCUT2D eigenvalue weighted by Gasteiger charge is -2.60. The summed E-state index contributed by atoms with van der Waals surface area (Å²) in [6, 6.07) is 7.52. The molecule has 0 radical (unpaired) electrons. The van der Waals surface area contributed by atoms with Gasteiger partial charge in [0.15, 0.2) is 0 Å². The van der Waals surface area contributed by atoms with Crippen LogP contribution in [0.15, 0.2) is 42.5 Å². The average molecular weight is 434 g/mol. The van der Waals surface area contributed by atoms with Crippen LogP contribution in [0.1, 0.15) is 68.3 Å². The highest BCUT2D eigenvalue weighted by Crippen LogP contribution is 2.65. The number of carbonyl (C=O) groups is 2. The maximum absolute atomic E-state index is 12.3. The Balaban J connectivity index is 1.35. The predicted molar refractivity (Wildman–Crippen MR) is 126 cm³/mol. The lowest BCUT2D eigenvalue weighted by Crippen LogP contribution is -2.59. The first-order valence-electron chi connectivity index (χ1n) is 12.2. The first kappa shape index (κ1) is 21.5. The van der Waals surface area contributed by atoms with Gasteiger partial charge in [-0.15, -0.1) is 0 Å². The van der Waals surface area contributed by atoms with Gasteiger partial charge in [-0.05, 0) is 91.4 Å². The summed E-state index contributed by atoms with van der Waals surface area (Å²) in [5.41, 5.74) is 1.85. The number of aromatic carboxylic acids is 1. The second kappa shape index (κ2) is 7.60. The first-order valence-corrected chi connectivity index (χ1v) is 12.2. The molecule has 1 aromatic rings. The van der Waals surface area contributed by atoms with E-state index in [0.29, 0.717) is 28.9 Å². The topological polar surface area (TPSA) is 57.6 Å². The molecule has 170 valence electrons. The van der Waals surface area contributed by atoms with Gasteiger partial charge >= 0.3 is 5.97 Å². The molecule has 0 aromatic heterocycles. The second-order valence-electron chi connectivity index (χ2n) is 11.1. The van der Waals surface area contributed by atoms with Crippen molar-refractivity contribution >= 4 is 18.0 Å². The maximum atomic E-state index is 12.3. The van der Waals surface area contributed by atoms with Gasteiger partial charge in [-0.3, -0.25) is 4.79 Å². The molecular weight excluding hydrogens is 398 g/mol. The standard InChI is InChI=1S/C28H35NO3/c1-27-16-14-23-21(11-13-24-28(23,2)17-15-25(30)29(24)3)22(27)12-10-20(27)9-6-18-4-7-19(8-5-18)26(31)32/h4-9,15,17,20-24H,10-14,16H2,1-3H3,(H,31,32)/t20-,21-,22-,23-,24?,27+,28+/m0/s1. The third kappa shape index (κ3) is 3.17. The van der Waals surface area contributed by atoms with Gasteiger partial charge in [-0.25, -0.2) is 4.79 Å². The molecule has 7 atom stereocenters. The smallest absolute Gasteiger partial charge is 0.335 e. The van der Waals surface area contributed by atoms with Gasteiger partial charge in [-0.2, -0.15) is 0 Å². The van der Waals surface area contributed by atoms with Crippen molar-refractivity contribution in [2.24, 2.45) is 34.5 Å². The van der Waals surface area contributed by atoms with Crippen LogP contribution in [0, 0.1) is 34.5 Å². The van der Waals surface area contributed by atoms with Crippen molar-refractivity contribution in [3.05, 3.63) is 53.6 Å². The zero-order valence-electron chi connectivity index (χ0n) is 19.5. The summed E-state index contributed by atoms with van der Waals surface area (Å²) in [7, 11) is 1.99. The van der Waals surface area contributed by atoms with Gasteiger partial charge in [-0.1, -0.05) is 44.2 Å². The van der Waals surface area contributed by atoms with Crippen molar-refractivity contribution in [2.75, 3.05) is 7.05 Å². The average Bonchev–Trinajstić information content (AvgIpc) is 3.12. The number of nitrogens with zero attached hydrogens (tertiary/aromatic N) is 1. The number of fused-ring (bicyclic) bond motifs is 5. The number of hydrogen-bond donors (Lipinski definition) is 1. The summed E-state index contributed by atoms with van der Waals surface area (Å²) in [6.45, 7) is 4.92. The molecule has 1 N–H and O–H groups in total. The van der Waals surface area contributed by atoms with Crippen molar-refractivity contribution in [2.45, 2.75) is 58.4 Å². The largest absolute Gasteiger partial charge is 0.478 e. The van der Waals surface area contributed by atoms with Crippen LogP contribution in [0.3, 0.4) is 0 Å². The maximum Gasteiger partial charge on any atom is 0.335 e. The molecule has 1 heterocycles. The van der Waals surface area contributed by atoms with E-state index in [9.17, 15) is 9.59 Å². The fourth-order valence-electron chi connectivity index (χ4n) is 8.06. The lowest BCUT2D eigenvalue weighted by molar-refractivity contribution is -0.138. The van der Waals surface area contributed by atoms with E-state index in [2.05, 4.69) is 32.1 Å². The van der Waals surface area contributed by atoms with E-state index in [-0.39, 0.29) is 11.3 Å². The monoisotopic (exact) mass is 433 g/mol. The second-order valence-corrected chi connectivity index (χ2v) is 11.1. The van der Waals surface area contributed by atoms with E-state index in [4.69, 9.17) is 5.11 Å². The Morgan fingerprint density at radius 2 is 1.81 bits per heavy atom. The highest BCUT2D eigenvalue weighted by atomic mass is 16.4. The van der Waals surface area contributed by atoms with Crippen LogP contribution >= 0.6 is 0 Å². The zero-order chi connectivity index (χ0) is 22.7. The highest BCUT2D eigenvalue weighted by molar-refractivity contribution is 5.89. The molecule has 0 saturated heterocycles. The summed E-state index contributed by atoms with van der Waals surface area (Å²) in [6.07, 6.45) is 16.1. The number of carboxylic acid groups (broad SMARTS) is 1. The third-order valence-corrected chi connectivity index (χ3v) is 9.88. The van der Waals surface area contributed by atoms with Crippen molar-refractivity contribution < 1.29 is 14.7 Å². The number of likely N-dealkylation sites (N-methyl/N-ethyl adjacent to an activating group) is 1. The Labute approximate surface area is 191 Å². The number of hydrogen-bond acceptors (Lipinski definition) is 2. The summed E-state index contributed by atoms with van der Waals surface area (Å²) in [5.74, 6) is 2.01. The van der Waals surface area contributed by atoms with Crippen LogP contribution in [-0.4, -0.2) is 35.0 Å². The minimum absolute atomic E-state index is 0.104. The Morgan fingerprint density at radius 1 is 1.06 bits per heavy atom. The molecule has 5 rings (SSSR count). The number of carboxylic acids is 1. The van der Waals surface area contributed by atoms with E-state index in [1.807, 2.05) is 30.2 Å². The molecule has 0 spiro atoms. The number of benzene rings is 1. The van der Waals surface area contributed by atoms with Crippen molar-refractivity contribution in [1.82, 2.24) is 4.90 Å². The van der Waals surface area contributed by atoms with E-state index < -0.39 is 5.97 Å². The first-order chi connectivity index (χ1) is 15.2. The summed E-state index contributed by atoms with van der Waals surface area (Å²) < 4.78 is 0. The van der Waals surface area contributed by atoms with Gasteiger partial charge in [0, 0.05) is 18.5 Å². The quantitative estimate of drug-likeness (QED) is 0.670. The zero-order valence-corrected chi connectivity index (χ0v) is 19.5. The lowest BCUT2D eigenvalue weighted by atomic mass is 9.47. The Hall–Kier alpha value is -2.36. The van der Waals surface area contributed by atoms with Crippen LogP contribution in [-0.2, 0) is 4.79 Å². The molecular formula is C28H35NO3. The molecule has 4 heteroatoms. The van der Waals surface area contributed by atoms with E-state index in [1.165, 1.54) is 32.1 Å². The fourth-order valence-corrected chi connectivity index (χ4v) is 8.06. The van der Waals surface area contributed by atoms with E-state index in [1.54, 1.807) is 12.1 Å². The molecule has 4 nitrogen and oxygen atoms in total. The molecule has 3 saturated carbocycles. The van der Waals surface area contributed by atoms with Crippen LogP contribution in [0.25, 0.3) is 6.08 Å². The van der Waals surface area contributed by atoms with Crippen LogP contribution in [0.4, 0.5) is 0 Å². The molecule has 0 bridgehead atoms. The van der Waals surface area contributed by atoms with Crippen molar-refractivity contribution in [3.8, 4) is 0 Å². The molecule has 3 aliphatic carbocycles. The predicted octanol–water partition coefficient (Wildman–Crippen LogP) is 5.65. The Bertz CT molecular complexity index is 979. The van der Waals surface area contributed by atoms with Gasteiger partial charge in [0.2, 0.25) is 5.91 Å². The Kier molecular flexibility index (Phi) is 5.11. The van der Waals surface area contributed by atoms with E-state index >= 15 is 0 Å². The van der Waals surface area contributed by atoms with E-state index in [0.717, 1.165) is 23.8 Å². The minimum atomic E-state index is -0.879. The van der Waals surface area contributed by atoms with Gasteiger partial charge in [0.25, 0.3) is 0 Å². The van der Waals surface area contributed by atoms with Gasteiger partial charge in [0.05, 0.1) is 5.56 Å². The number of allylic oxidation sites excluding steroid dienone is 1. The highest BCUT2D eigenvalue weighted by Gasteiger charge is 2.59. The molecule has 4 aliphatic rings. The van der Waals surface area contributed by atoms with Crippen LogP contribution < -0.4 is 0 Å². The molecule has 1 aromatic carbocycles. The summed E-state index contributed by atoms with van der Waals surface area (Å²) in [5, 5.41) is 9.11. The van der Waals surface area contributed by atoms with Crippen molar-refractivity contribution in [3.63, 3.8) is 0 Å². The SMILES string of the molecule is CN1C(=O)C=C[C@@]2(C)C1CC[C@H]1[C@@H]3CC[C@H](C=Cc4ccc(C(=O)O)cc4)[C@@]3(C)CC[C@@H]12. The minimum Gasteiger partial charge on any atom is -0.478 e. The molecule has 1 aliphatic heterocycles. The summed E-state index contributed by atoms with van der Waals surface area (Å²) in [4.78, 5) is 25.4. The van der Waals surface area contributed by atoms with Crippen LogP contribution in [0.5, 0.6) is 0 Å². The third-order valence-electron chi connectivity index (χ3n) is 9.88. The molecule has 1 amide bonds. The van der Waals surface area contributed by atoms with Gasteiger partial charge < -0.3 is 10.0 Å².